The number of aromatic nitrogens is 1. The lowest BCUT2D eigenvalue weighted by atomic mass is 9.95. The van der Waals surface area contributed by atoms with Crippen molar-refractivity contribution in [2.24, 2.45) is 4.99 Å². The van der Waals surface area contributed by atoms with Gasteiger partial charge in [0.05, 0.1) is 18.7 Å². The fourth-order valence-corrected chi connectivity index (χ4v) is 5.75. The Morgan fingerprint density at radius 3 is 2.74 bits per heavy atom. The third kappa shape index (κ3) is 4.64. The Morgan fingerprint density at radius 2 is 1.88 bits per heavy atom. The predicted molar refractivity (Wildman–Crippen MR) is 138 cm³/mol. The molecule has 4 aromatic rings. The Morgan fingerprint density at radius 1 is 1.09 bits per heavy atom. The molecule has 0 saturated carbocycles. The van der Waals surface area contributed by atoms with Crippen molar-refractivity contribution in [3.63, 3.8) is 0 Å². The number of benzene rings is 2. The minimum absolute atomic E-state index is 0.255. The minimum atomic E-state index is -0.255. The molecule has 2 aromatic carbocycles. The highest BCUT2D eigenvalue weighted by atomic mass is 32.1. The van der Waals surface area contributed by atoms with Crippen LogP contribution in [0.1, 0.15) is 46.1 Å². The summed E-state index contributed by atoms with van der Waals surface area (Å²) in [5.74, 6) is 0.614. The van der Waals surface area contributed by atoms with E-state index in [2.05, 4.69) is 22.9 Å². The molecule has 0 unspecified atom stereocenters. The summed E-state index contributed by atoms with van der Waals surface area (Å²) in [5.41, 5.74) is 3.97. The van der Waals surface area contributed by atoms with Gasteiger partial charge in [0.2, 0.25) is 0 Å². The molecule has 6 heteroatoms. The molecule has 2 aromatic heterocycles. The lowest BCUT2D eigenvalue weighted by molar-refractivity contribution is 0.0526. The lowest BCUT2D eigenvalue weighted by Gasteiger charge is -2.11. The standard InChI is InChI=1S/C28H28N2O3S/c1-2-32-28(31)26-23-13-7-9-15-25(23)34-27(26)29-18-20-19-30(24-14-8-6-12-22(20)24)16-17-33-21-10-4-3-5-11-21/h3-6,8,10-12,14,18-19H,2,7,9,13,15-17H2,1H3. The van der Waals surface area contributed by atoms with Crippen molar-refractivity contribution >= 4 is 39.4 Å². The van der Waals surface area contributed by atoms with E-state index < -0.39 is 0 Å². The Labute approximate surface area is 203 Å². The summed E-state index contributed by atoms with van der Waals surface area (Å²) >= 11 is 1.63. The molecule has 0 N–H and O–H groups in total. The second-order valence-corrected chi connectivity index (χ2v) is 9.41. The van der Waals surface area contributed by atoms with Crippen LogP contribution in [0.25, 0.3) is 10.9 Å². The van der Waals surface area contributed by atoms with E-state index in [9.17, 15) is 4.79 Å². The van der Waals surface area contributed by atoms with Crippen molar-refractivity contribution in [1.29, 1.82) is 0 Å². The maximum absolute atomic E-state index is 12.8. The largest absolute Gasteiger partial charge is 0.492 e. The van der Waals surface area contributed by atoms with Crippen LogP contribution in [-0.2, 0) is 24.1 Å². The van der Waals surface area contributed by atoms with Gasteiger partial charge in [0.15, 0.2) is 0 Å². The zero-order valence-corrected chi connectivity index (χ0v) is 20.1. The Kier molecular flexibility index (Phi) is 6.77. The number of aliphatic imine (C=N–C) groups is 1. The van der Waals surface area contributed by atoms with Gasteiger partial charge in [-0.15, -0.1) is 11.3 Å². The fourth-order valence-electron chi connectivity index (χ4n) is 4.53. The van der Waals surface area contributed by atoms with Crippen LogP contribution in [0.2, 0.25) is 0 Å². The van der Waals surface area contributed by atoms with Crippen molar-refractivity contribution in [1.82, 2.24) is 4.57 Å². The van der Waals surface area contributed by atoms with Crippen molar-refractivity contribution in [3.8, 4) is 5.75 Å². The van der Waals surface area contributed by atoms with Gasteiger partial charge >= 0.3 is 5.97 Å². The molecule has 174 valence electrons. The first-order chi connectivity index (χ1) is 16.7. The van der Waals surface area contributed by atoms with Crippen LogP contribution < -0.4 is 4.74 Å². The molecule has 0 saturated heterocycles. The Hall–Kier alpha value is -3.38. The van der Waals surface area contributed by atoms with Crippen LogP contribution in [0.4, 0.5) is 5.00 Å². The van der Waals surface area contributed by atoms with E-state index in [-0.39, 0.29) is 5.97 Å². The Balaban J connectivity index is 1.42. The van der Waals surface area contributed by atoms with Gasteiger partial charge in [-0.2, -0.15) is 0 Å². The number of para-hydroxylation sites is 2. The van der Waals surface area contributed by atoms with Crippen LogP contribution in [0.3, 0.4) is 0 Å². The number of esters is 1. The minimum Gasteiger partial charge on any atom is -0.492 e. The van der Waals surface area contributed by atoms with Gasteiger partial charge in [-0.05, 0) is 56.4 Å². The molecule has 0 bridgehead atoms. The number of carbonyl (C=O) groups excluding carboxylic acids is 1. The van der Waals surface area contributed by atoms with Crippen LogP contribution in [0.5, 0.6) is 5.75 Å². The molecule has 0 radical (unpaired) electrons. The van der Waals surface area contributed by atoms with E-state index in [1.54, 1.807) is 11.3 Å². The molecule has 5 nitrogen and oxygen atoms in total. The summed E-state index contributed by atoms with van der Waals surface area (Å²) in [6.07, 6.45) is 8.21. The molecule has 1 aliphatic carbocycles. The maximum Gasteiger partial charge on any atom is 0.341 e. The quantitative estimate of drug-likeness (QED) is 0.215. The second-order valence-electron chi connectivity index (χ2n) is 8.33. The number of fused-ring (bicyclic) bond motifs is 2. The molecule has 0 fully saturated rings. The number of ether oxygens (including phenoxy) is 2. The predicted octanol–water partition coefficient (Wildman–Crippen LogP) is 6.59. The number of thiophene rings is 1. The average Bonchev–Trinajstić information content (AvgIpc) is 3.42. The zero-order chi connectivity index (χ0) is 23.3. The molecule has 1 aliphatic rings. The molecule has 0 spiro atoms. The summed E-state index contributed by atoms with van der Waals surface area (Å²) in [6.45, 7) is 3.51. The number of nitrogens with zero attached hydrogens (tertiary/aromatic N) is 2. The van der Waals surface area contributed by atoms with E-state index in [1.165, 1.54) is 4.88 Å². The number of hydrogen-bond acceptors (Lipinski definition) is 5. The Bertz CT molecular complexity index is 1320. The molecule has 2 heterocycles. The number of hydrogen-bond donors (Lipinski definition) is 0. The van der Waals surface area contributed by atoms with Gasteiger partial charge < -0.3 is 14.0 Å². The van der Waals surface area contributed by atoms with Gasteiger partial charge in [-0.3, -0.25) is 0 Å². The highest BCUT2D eigenvalue weighted by molar-refractivity contribution is 7.16. The van der Waals surface area contributed by atoms with Crippen molar-refractivity contribution in [2.75, 3.05) is 13.2 Å². The highest BCUT2D eigenvalue weighted by Crippen LogP contribution is 2.40. The summed E-state index contributed by atoms with van der Waals surface area (Å²) in [6, 6.07) is 18.2. The van der Waals surface area contributed by atoms with Gasteiger partial charge in [0.1, 0.15) is 17.4 Å². The van der Waals surface area contributed by atoms with E-state index in [1.807, 2.05) is 55.6 Å². The molecular weight excluding hydrogens is 444 g/mol. The molecule has 0 amide bonds. The normalized spacial score (nSPS) is 13.3. The third-order valence-corrected chi connectivity index (χ3v) is 7.32. The SMILES string of the molecule is CCOC(=O)c1c(N=Cc2cn(CCOc3ccccc3)c3ccccc23)sc2c1CCCC2. The highest BCUT2D eigenvalue weighted by Gasteiger charge is 2.26. The average molecular weight is 473 g/mol. The molecule has 5 rings (SSSR count). The van der Waals surface area contributed by atoms with Gasteiger partial charge in [0, 0.05) is 33.8 Å². The first-order valence-electron chi connectivity index (χ1n) is 11.9. The van der Waals surface area contributed by atoms with E-state index in [4.69, 9.17) is 14.5 Å². The van der Waals surface area contributed by atoms with Gasteiger partial charge in [0.25, 0.3) is 0 Å². The number of rotatable bonds is 8. The summed E-state index contributed by atoms with van der Waals surface area (Å²) in [4.78, 5) is 18.9. The van der Waals surface area contributed by atoms with Crippen molar-refractivity contribution in [3.05, 3.63) is 82.4 Å². The van der Waals surface area contributed by atoms with Crippen LogP contribution in [0.15, 0.2) is 65.8 Å². The first-order valence-corrected chi connectivity index (χ1v) is 12.7. The van der Waals surface area contributed by atoms with Gasteiger partial charge in [-0.25, -0.2) is 9.79 Å². The zero-order valence-electron chi connectivity index (χ0n) is 19.3. The third-order valence-electron chi connectivity index (χ3n) is 6.12. The monoisotopic (exact) mass is 472 g/mol. The van der Waals surface area contributed by atoms with Crippen LogP contribution >= 0.6 is 11.3 Å². The topological polar surface area (TPSA) is 52.8 Å². The van der Waals surface area contributed by atoms with Crippen LogP contribution in [-0.4, -0.2) is 30.0 Å². The van der Waals surface area contributed by atoms with Crippen molar-refractivity contribution in [2.45, 2.75) is 39.2 Å². The van der Waals surface area contributed by atoms with Crippen LogP contribution in [0, 0.1) is 0 Å². The van der Waals surface area contributed by atoms with Gasteiger partial charge in [-0.1, -0.05) is 36.4 Å². The van der Waals surface area contributed by atoms with E-state index >= 15 is 0 Å². The number of aryl methyl sites for hydroxylation is 1. The first kappa shape index (κ1) is 22.4. The molecule has 0 atom stereocenters. The molecule has 34 heavy (non-hydrogen) atoms. The second kappa shape index (κ2) is 10.3. The molecular formula is C28H28N2O3S. The fraction of sp³-hybridized carbons (Fsp3) is 0.286. The summed E-state index contributed by atoms with van der Waals surface area (Å²) < 4.78 is 13.5. The molecule has 0 aliphatic heterocycles. The summed E-state index contributed by atoms with van der Waals surface area (Å²) in [7, 11) is 0. The van der Waals surface area contributed by atoms with Crippen molar-refractivity contribution < 1.29 is 14.3 Å². The van der Waals surface area contributed by atoms with E-state index in [0.717, 1.165) is 65.0 Å². The number of carbonyl (C=O) groups is 1. The lowest BCUT2D eigenvalue weighted by Crippen LogP contribution is -2.09. The summed E-state index contributed by atoms with van der Waals surface area (Å²) in [5, 5.41) is 1.89. The van der Waals surface area contributed by atoms with E-state index in [0.29, 0.717) is 18.8 Å². The smallest absolute Gasteiger partial charge is 0.341 e. The maximum atomic E-state index is 12.8.